The minimum Gasteiger partial charge on any atom is -0.469 e. The summed E-state index contributed by atoms with van der Waals surface area (Å²) in [6.45, 7) is 0. The van der Waals surface area contributed by atoms with Crippen LogP contribution in [0.2, 0.25) is 0 Å². The maximum atomic E-state index is 13.7. The molecule has 0 aliphatic rings. The average molecular weight is 387 g/mol. The summed E-state index contributed by atoms with van der Waals surface area (Å²) >= 11 is 0. The van der Waals surface area contributed by atoms with Crippen LogP contribution in [0.5, 0.6) is 0 Å². The van der Waals surface area contributed by atoms with Crippen molar-refractivity contribution in [2.75, 3.05) is 21.3 Å². The predicted octanol–water partition coefficient (Wildman–Crippen LogP) is 0.517. The summed E-state index contributed by atoms with van der Waals surface area (Å²) in [6, 6.07) is 1.08. The molecule has 27 heavy (non-hydrogen) atoms. The second-order valence-electron chi connectivity index (χ2n) is 5.39. The number of ether oxygens (including phenoxy) is 3. The highest BCUT2D eigenvalue weighted by Crippen LogP contribution is 2.16. The molecule has 0 fully saturated rings. The Labute approximate surface area is 153 Å². The Bertz CT molecular complexity index is 723. The zero-order valence-corrected chi connectivity index (χ0v) is 14.9. The Hall–Kier alpha value is -3.04. The summed E-state index contributed by atoms with van der Waals surface area (Å²) in [5.74, 6) is -6.82. The highest BCUT2D eigenvalue weighted by atomic mass is 19.1. The van der Waals surface area contributed by atoms with E-state index in [-0.39, 0.29) is 5.56 Å². The van der Waals surface area contributed by atoms with E-state index < -0.39 is 60.3 Å². The van der Waals surface area contributed by atoms with Crippen molar-refractivity contribution in [1.29, 1.82) is 0 Å². The Balaban J connectivity index is 3.03. The van der Waals surface area contributed by atoms with Crippen molar-refractivity contribution in [3.8, 4) is 0 Å². The first-order chi connectivity index (χ1) is 12.7. The van der Waals surface area contributed by atoms with Crippen LogP contribution in [0.1, 0.15) is 12.0 Å². The van der Waals surface area contributed by atoms with Gasteiger partial charge in [0, 0.05) is 6.07 Å². The Kier molecular flexibility index (Phi) is 8.31. The zero-order chi connectivity index (χ0) is 20.6. The maximum absolute atomic E-state index is 13.7. The molecule has 1 N–H and O–H groups in total. The lowest BCUT2D eigenvalue weighted by molar-refractivity contribution is -0.159. The second kappa shape index (κ2) is 10.2. The van der Waals surface area contributed by atoms with Crippen LogP contribution in [0.15, 0.2) is 18.2 Å². The summed E-state index contributed by atoms with van der Waals surface area (Å²) in [6.07, 6.45) is -1.10. The first-order valence-corrected chi connectivity index (χ1v) is 7.69. The Morgan fingerprint density at radius 2 is 1.63 bits per heavy atom. The van der Waals surface area contributed by atoms with E-state index in [9.17, 15) is 28.0 Å². The van der Waals surface area contributed by atoms with Gasteiger partial charge in [0.05, 0.1) is 40.1 Å². The van der Waals surface area contributed by atoms with Gasteiger partial charge in [-0.25, -0.2) is 13.6 Å². The molecule has 1 aromatic carbocycles. The predicted molar refractivity (Wildman–Crippen MR) is 86.1 cm³/mol. The number of rotatable bonds is 8. The molecule has 0 saturated heterocycles. The van der Waals surface area contributed by atoms with Crippen LogP contribution in [0.25, 0.3) is 0 Å². The number of amides is 1. The van der Waals surface area contributed by atoms with Crippen LogP contribution in [-0.4, -0.2) is 51.2 Å². The van der Waals surface area contributed by atoms with E-state index in [1.54, 1.807) is 0 Å². The lowest BCUT2D eigenvalue weighted by atomic mass is 9.95. The molecule has 2 atom stereocenters. The molecular weight excluding hydrogens is 368 g/mol. The van der Waals surface area contributed by atoms with Gasteiger partial charge in [-0.15, -0.1) is 0 Å². The van der Waals surface area contributed by atoms with Crippen LogP contribution in [0, 0.1) is 17.6 Å². The van der Waals surface area contributed by atoms with E-state index in [2.05, 4.69) is 19.5 Å². The molecule has 10 heteroatoms. The van der Waals surface area contributed by atoms with Gasteiger partial charge in [0.2, 0.25) is 5.91 Å². The molecule has 1 amide bonds. The third kappa shape index (κ3) is 6.32. The van der Waals surface area contributed by atoms with Gasteiger partial charge in [-0.2, -0.15) is 0 Å². The van der Waals surface area contributed by atoms with E-state index in [1.165, 1.54) is 0 Å². The van der Waals surface area contributed by atoms with Crippen LogP contribution in [0.4, 0.5) is 8.78 Å². The summed E-state index contributed by atoms with van der Waals surface area (Å²) in [7, 11) is 3.14. The molecule has 0 radical (unpaired) electrons. The molecule has 0 heterocycles. The fourth-order valence-electron chi connectivity index (χ4n) is 2.26. The highest BCUT2D eigenvalue weighted by molar-refractivity contribution is 5.91. The van der Waals surface area contributed by atoms with Crippen molar-refractivity contribution in [2.45, 2.75) is 18.9 Å². The summed E-state index contributed by atoms with van der Waals surface area (Å²) in [5, 5.41) is 2.22. The number of benzene rings is 1. The number of hydrogen-bond donors (Lipinski definition) is 1. The summed E-state index contributed by atoms with van der Waals surface area (Å²) in [4.78, 5) is 47.7. The Morgan fingerprint density at radius 3 is 2.15 bits per heavy atom. The van der Waals surface area contributed by atoms with E-state index in [4.69, 9.17) is 0 Å². The first-order valence-electron chi connectivity index (χ1n) is 7.69. The molecule has 0 aliphatic heterocycles. The zero-order valence-electron chi connectivity index (χ0n) is 14.9. The molecule has 0 saturated carbocycles. The maximum Gasteiger partial charge on any atom is 0.329 e. The molecule has 148 valence electrons. The van der Waals surface area contributed by atoms with E-state index in [0.29, 0.717) is 6.07 Å². The van der Waals surface area contributed by atoms with E-state index >= 15 is 0 Å². The number of halogens is 2. The molecule has 0 aromatic heterocycles. The quantitative estimate of drug-likeness (QED) is 0.512. The van der Waals surface area contributed by atoms with E-state index in [1.807, 2.05) is 0 Å². The minimum atomic E-state index is -1.57. The fourth-order valence-corrected chi connectivity index (χ4v) is 2.26. The van der Waals surface area contributed by atoms with Gasteiger partial charge in [-0.05, 0) is 11.6 Å². The summed E-state index contributed by atoms with van der Waals surface area (Å²) in [5.41, 5.74) is -0.125. The lowest BCUT2D eigenvalue weighted by Crippen LogP contribution is -2.50. The highest BCUT2D eigenvalue weighted by Gasteiger charge is 2.38. The van der Waals surface area contributed by atoms with Crippen molar-refractivity contribution in [2.24, 2.45) is 5.92 Å². The number of carbonyl (C=O) groups excluding carboxylic acids is 4. The van der Waals surface area contributed by atoms with Gasteiger partial charge in [0.25, 0.3) is 0 Å². The van der Waals surface area contributed by atoms with Crippen LogP contribution in [-0.2, 0) is 39.8 Å². The molecule has 1 rings (SSSR count). The van der Waals surface area contributed by atoms with Gasteiger partial charge in [0.15, 0.2) is 0 Å². The number of nitrogens with one attached hydrogen (secondary N) is 1. The van der Waals surface area contributed by atoms with Crippen LogP contribution in [0.3, 0.4) is 0 Å². The van der Waals surface area contributed by atoms with Crippen molar-refractivity contribution in [3.05, 3.63) is 35.4 Å². The van der Waals surface area contributed by atoms with Crippen molar-refractivity contribution < 1.29 is 42.2 Å². The van der Waals surface area contributed by atoms with Gasteiger partial charge >= 0.3 is 17.9 Å². The monoisotopic (exact) mass is 387 g/mol. The molecule has 0 unspecified atom stereocenters. The molecule has 0 bridgehead atoms. The Morgan fingerprint density at radius 1 is 1.00 bits per heavy atom. The normalized spacial score (nSPS) is 12.5. The van der Waals surface area contributed by atoms with Gasteiger partial charge in [-0.1, -0.05) is 6.07 Å². The molecule has 1 aromatic rings. The van der Waals surface area contributed by atoms with Crippen molar-refractivity contribution >= 4 is 23.8 Å². The van der Waals surface area contributed by atoms with Crippen molar-refractivity contribution in [1.82, 2.24) is 5.32 Å². The van der Waals surface area contributed by atoms with Gasteiger partial charge in [-0.3, -0.25) is 14.4 Å². The largest absolute Gasteiger partial charge is 0.469 e. The van der Waals surface area contributed by atoms with Gasteiger partial charge < -0.3 is 19.5 Å². The van der Waals surface area contributed by atoms with Crippen LogP contribution < -0.4 is 5.32 Å². The van der Waals surface area contributed by atoms with E-state index in [0.717, 1.165) is 33.5 Å². The molecular formula is C17H19F2NO7. The third-order valence-corrected chi connectivity index (χ3v) is 3.66. The number of methoxy groups -OCH3 is 3. The minimum absolute atomic E-state index is 0.125. The second-order valence-corrected chi connectivity index (χ2v) is 5.39. The molecule has 0 aliphatic carbocycles. The summed E-state index contributed by atoms with van der Waals surface area (Å²) < 4.78 is 40.2. The number of hydrogen-bond acceptors (Lipinski definition) is 7. The van der Waals surface area contributed by atoms with Crippen molar-refractivity contribution in [3.63, 3.8) is 0 Å². The lowest BCUT2D eigenvalue weighted by Gasteiger charge is -2.23. The fraction of sp³-hybridized carbons (Fsp3) is 0.412. The number of carbonyl (C=O) groups is 4. The first kappa shape index (κ1) is 22.0. The van der Waals surface area contributed by atoms with Crippen LogP contribution >= 0.6 is 0 Å². The third-order valence-electron chi connectivity index (χ3n) is 3.66. The van der Waals surface area contributed by atoms with Gasteiger partial charge in [0.1, 0.15) is 17.7 Å². The standard InChI is InChI=1S/C17H19F2NO7/c1-25-14(22)8-11(16(23)26-2)15(17(24)27-3)20-13(21)6-9-4-5-10(18)7-12(9)19/h4-5,7,11,15H,6,8H2,1-3H3,(H,20,21)/t11-,15-/m0/s1. The average Bonchev–Trinajstić information content (AvgIpc) is 2.65. The number of esters is 3. The smallest absolute Gasteiger partial charge is 0.329 e. The SMILES string of the molecule is COC(=O)C[C@H](C(=O)OC)[C@H](NC(=O)Cc1ccc(F)cc1F)C(=O)OC. The topological polar surface area (TPSA) is 108 Å². The molecule has 8 nitrogen and oxygen atoms in total. The molecule has 0 spiro atoms.